The monoisotopic (exact) mass is 2120 g/mol. The van der Waals surface area contributed by atoms with E-state index < -0.39 is 94.2 Å². The van der Waals surface area contributed by atoms with Crippen LogP contribution >= 0.6 is 11.3 Å². The molecule has 7 aromatic rings. The van der Waals surface area contributed by atoms with Crippen molar-refractivity contribution in [3.8, 4) is 22.4 Å². The van der Waals surface area contributed by atoms with Gasteiger partial charge in [0, 0.05) is 106 Å². The SMILES string of the molecule is COCCOCCOCCOCCOCCOCCOCCOCCCN(CCCOCCOCCOCCOCCOCCOCCOCCOC)CCCc1cc(NC(=O)[C@H](C)NC(=O)[C@@H](NC(=O)CN2C(=O)C=CC2=O)C(C)C)ccc1COC(=O)N(CCOC12CC3(C)CC(C)(CC(Cn4ncc(-c5ccc(-c6ccc7cccc(C(=O)Nc8nc9ccccc9s8)c7c6)nc5C(=O)O)c4C)(C3)C1)C2)CCS(=O)(=O)O. The number of fused-ring (bicyclic) bond motifs is 2. The number of methoxy groups -OCH3 is 2. The number of aromatic nitrogens is 4. The van der Waals surface area contributed by atoms with E-state index in [2.05, 4.69) is 45.0 Å². The minimum absolute atomic E-state index is 0.0178. The number of carbonyl (C=O) groups is 8. The summed E-state index contributed by atoms with van der Waals surface area (Å²) < 4.78 is 141. The molecule has 5 aliphatic rings. The first kappa shape index (κ1) is 119. The van der Waals surface area contributed by atoms with E-state index in [1.807, 2.05) is 66.2 Å². The number of aromatic carboxylic acids is 1. The fourth-order valence-corrected chi connectivity index (χ4v) is 21.4. The molecule has 4 aromatic carbocycles. The van der Waals surface area contributed by atoms with Gasteiger partial charge in [0.2, 0.25) is 17.7 Å². The number of pyridine rings is 1. The molecule has 3 aromatic heterocycles. The molecule has 4 fully saturated rings. The maximum absolute atomic E-state index is 14.8. The molecule has 4 bridgehead atoms. The molecule has 41 nitrogen and oxygen atoms in total. The molecule has 7 amide bonds. The molecule has 0 spiro atoms. The number of benzene rings is 4. The summed E-state index contributed by atoms with van der Waals surface area (Å²) in [6.45, 7) is 25.3. The molecule has 822 valence electrons. The molecule has 149 heavy (non-hydrogen) atoms. The number of nitrogens with zero attached hydrogens (tertiary/aromatic N) is 7. The van der Waals surface area contributed by atoms with Gasteiger partial charge in [-0.1, -0.05) is 81.5 Å². The Hall–Kier alpha value is -9.92. The van der Waals surface area contributed by atoms with Crippen molar-refractivity contribution in [2.24, 2.45) is 22.2 Å². The number of aryl methyl sites for hydroxylation is 1. The van der Waals surface area contributed by atoms with Crippen LogP contribution in [0.3, 0.4) is 0 Å². The third kappa shape index (κ3) is 39.9. The molecular formula is C106H151N11O30S2. The Labute approximate surface area is 876 Å². The molecule has 0 radical (unpaired) electrons. The highest BCUT2D eigenvalue weighted by atomic mass is 32.2. The summed E-state index contributed by atoms with van der Waals surface area (Å²) in [6, 6.07) is 25.0. The number of carboxylic acids is 1. The van der Waals surface area contributed by atoms with Crippen LogP contribution in [0.5, 0.6) is 0 Å². The predicted octanol–water partition coefficient (Wildman–Crippen LogP) is 10.3. The van der Waals surface area contributed by atoms with Gasteiger partial charge in [-0.25, -0.2) is 19.6 Å². The van der Waals surface area contributed by atoms with Crippen LogP contribution in [0, 0.1) is 29.1 Å². The summed E-state index contributed by atoms with van der Waals surface area (Å²) in [5, 5.41) is 29.0. The second-order valence-electron chi connectivity index (χ2n) is 38.7. The zero-order valence-electron chi connectivity index (χ0n) is 87.3. The first-order chi connectivity index (χ1) is 71.9. The smallest absolute Gasteiger partial charge is 0.410 e. The van der Waals surface area contributed by atoms with Gasteiger partial charge in [-0.3, -0.25) is 48.2 Å². The van der Waals surface area contributed by atoms with Crippen LogP contribution in [0.1, 0.15) is 130 Å². The van der Waals surface area contributed by atoms with Crippen molar-refractivity contribution < 1.29 is 142 Å². The molecule has 4 saturated carbocycles. The average molecular weight is 2120 g/mol. The number of amides is 7. The number of imide groups is 1. The normalized spacial score (nSPS) is 17.8. The molecule has 2 unspecified atom stereocenters. The lowest BCUT2D eigenvalue weighted by atomic mass is 9.39. The summed E-state index contributed by atoms with van der Waals surface area (Å²) in [6.07, 6.45) is 9.95. The maximum Gasteiger partial charge on any atom is 0.410 e. The van der Waals surface area contributed by atoms with Crippen molar-refractivity contribution in [2.75, 3.05) is 275 Å². The van der Waals surface area contributed by atoms with Crippen LogP contribution in [-0.4, -0.2) is 382 Å². The molecule has 0 saturated heterocycles. The quantitative estimate of drug-likeness (QED) is 0.0117. The third-order valence-electron chi connectivity index (χ3n) is 26.0. The van der Waals surface area contributed by atoms with E-state index in [0.717, 1.165) is 70.5 Å². The van der Waals surface area contributed by atoms with Crippen molar-refractivity contribution >= 4 is 101 Å². The van der Waals surface area contributed by atoms with Crippen LogP contribution in [-0.2, 0) is 139 Å². The van der Waals surface area contributed by atoms with Gasteiger partial charge in [0.1, 0.15) is 25.2 Å². The van der Waals surface area contributed by atoms with Crippen LogP contribution < -0.4 is 21.3 Å². The number of ether oxygens (including phenoxy) is 18. The molecule has 1 aliphatic heterocycles. The Balaban J connectivity index is 0.712. The summed E-state index contributed by atoms with van der Waals surface area (Å²) in [7, 11) is -1.36. The van der Waals surface area contributed by atoms with Crippen molar-refractivity contribution in [3.05, 3.63) is 137 Å². The first-order valence-corrected chi connectivity index (χ1v) is 53.7. The van der Waals surface area contributed by atoms with E-state index >= 15 is 0 Å². The third-order valence-corrected chi connectivity index (χ3v) is 27.7. The van der Waals surface area contributed by atoms with E-state index in [1.54, 1.807) is 70.7 Å². The number of rotatable bonds is 78. The van der Waals surface area contributed by atoms with Gasteiger partial charge < -0.3 is 116 Å². The highest BCUT2D eigenvalue weighted by molar-refractivity contribution is 7.85. The number of para-hydroxylation sites is 1. The highest BCUT2D eigenvalue weighted by Gasteiger charge is 2.66. The molecule has 43 heteroatoms. The van der Waals surface area contributed by atoms with Gasteiger partial charge in [-0.15, -0.1) is 0 Å². The van der Waals surface area contributed by atoms with E-state index in [9.17, 15) is 56.4 Å². The number of nitrogens with one attached hydrogen (secondary N) is 4. The Bertz CT molecular complexity index is 5410. The van der Waals surface area contributed by atoms with Crippen LogP contribution in [0.2, 0.25) is 0 Å². The van der Waals surface area contributed by atoms with Gasteiger partial charge in [0.05, 0.1) is 225 Å². The zero-order chi connectivity index (χ0) is 106. The zero-order valence-corrected chi connectivity index (χ0v) is 88.9. The first-order valence-electron chi connectivity index (χ1n) is 51.3. The molecule has 4 heterocycles. The van der Waals surface area contributed by atoms with Crippen LogP contribution in [0.4, 0.5) is 15.6 Å². The van der Waals surface area contributed by atoms with E-state index in [4.69, 9.17) is 95.3 Å². The van der Waals surface area contributed by atoms with Crippen molar-refractivity contribution in [2.45, 2.75) is 137 Å². The second-order valence-corrected chi connectivity index (χ2v) is 41.3. The van der Waals surface area contributed by atoms with Gasteiger partial charge >= 0.3 is 12.1 Å². The van der Waals surface area contributed by atoms with Crippen molar-refractivity contribution in [3.63, 3.8) is 0 Å². The number of thiazole rings is 1. The van der Waals surface area contributed by atoms with E-state index in [-0.39, 0.29) is 47.6 Å². The molecule has 12 rings (SSSR count). The predicted molar refractivity (Wildman–Crippen MR) is 555 cm³/mol. The van der Waals surface area contributed by atoms with Crippen LogP contribution in [0.25, 0.3) is 43.4 Å². The number of carboxylic acid groups (broad SMARTS) is 1. The average Bonchev–Trinajstić information content (AvgIpc) is 1.06. The number of carbonyl (C=O) groups excluding carboxylic acids is 7. The minimum Gasteiger partial charge on any atom is -0.476 e. The maximum atomic E-state index is 14.8. The Morgan fingerprint density at radius 3 is 1.58 bits per heavy atom. The Kier molecular flexibility index (Phi) is 49.9. The molecule has 6 N–H and O–H groups in total. The largest absolute Gasteiger partial charge is 0.476 e. The van der Waals surface area contributed by atoms with Crippen molar-refractivity contribution in [1.82, 2.24) is 45.1 Å². The van der Waals surface area contributed by atoms with Gasteiger partial charge in [0.25, 0.3) is 27.8 Å². The minimum atomic E-state index is -4.61. The molecular weight excluding hydrogens is 1970 g/mol. The Morgan fingerprint density at radius 2 is 1.06 bits per heavy atom. The lowest BCUT2D eigenvalue weighted by molar-refractivity contribution is -0.248. The van der Waals surface area contributed by atoms with Gasteiger partial charge in [-0.05, 0) is 177 Å². The van der Waals surface area contributed by atoms with Crippen LogP contribution in [0.15, 0.2) is 109 Å². The summed E-state index contributed by atoms with van der Waals surface area (Å²) in [4.78, 5) is 122. The lowest BCUT2D eigenvalue weighted by Gasteiger charge is -2.69. The number of hydrogen-bond acceptors (Lipinski definition) is 33. The van der Waals surface area contributed by atoms with Gasteiger partial charge in [0.15, 0.2) is 10.8 Å². The lowest BCUT2D eigenvalue weighted by Crippen LogP contribution is -2.64. The summed E-state index contributed by atoms with van der Waals surface area (Å²) in [5.41, 5.74) is 3.95. The summed E-state index contributed by atoms with van der Waals surface area (Å²) in [5.74, 6) is -6.28. The Morgan fingerprint density at radius 1 is 0.530 bits per heavy atom. The van der Waals surface area contributed by atoms with E-state index in [1.165, 1.54) is 23.2 Å². The fraction of sp³-hybridized carbons (Fsp3) is 0.613. The topological polar surface area (TPSA) is 479 Å². The van der Waals surface area contributed by atoms with Crippen molar-refractivity contribution in [1.29, 1.82) is 0 Å². The molecule has 4 atom stereocenters. The molecule has 4 aliphatic carbocycles. The summed E-state index contributed by atoms with van der Waals surface area (Å²) >= 11 is 1.38. The van der Waals surface area contributed by atoms with E-state index in [0.29, 0.717) is 312 Å². The number of anilines is 2. The standard InChI is InChI=1S/C106H151N11O30S2/c1-77(2)95(112-92(118)68-116-93(119)26-27-94(116)120)99(123)108-78(3)97(121)109-84-23-22-83(81(65-84)16-12-28-114(29-13-33-132-40-42-136-48-50-140-56-58-144-62-60-142-54-52-138-46-44-134-38-36-130-7)30-14-34-133-41-43-137-49-51-141-57-59-145-63-61-143-55-53-139-47-45-135-39-37-131-8)69-146-102(126)115(32-64-149(127,128)129)31-35-147-106-73-103(5)70-104(6,74-106)72-105(71-103,75-106)76-117-79(4)88(67-107-117)85-24-25-89(110-96(85)100(124)125)82-21-20-80-15-11-17-86(87(80)66-82)98(122)113-101-111-90-18-9-10-19-91(90)148-101/h9-11,15,17-27,65-67,77-78,95H,12-14,16,28-64,68-76H2,1-8H3,(H,108,123)(H,109,121)(H,112,118)(H,124,125)(H,111,113,122)(H,127,128,129)/t78-,95-,103?,104?,105?,106?/m0/s1. The second kappa shape index (κ2) is 62.3. The number of hydrogen-bond donors (Lipinski definition) is 6. The van der Waals surface area contributed by atoms with Gasteiger partial charge in [-0.2, -0.15) is 13.5 Å². The highest BCUT2D eigenvalue weighted by Crippen LogP contribution is 2.72. The fourth-order valence-electron chi connectivity index (χ4n) is 20.1.